The maximum absolute atomic E-state index is 12.8. The van der Waals surface area contributed by atoms with Crippen LogP contribution >= 0.6 is 0 Å². The van der Waals surface area contributed by atoms with Crippen molar-refractivity contribution in [3.63, 3.8) is 0 Å². The number of anilines is 1. The molecule has 0 saturated heterocycles. The van der Waals surface area contributed by atoms with Crippen LogP contribution in [-0.2, 0) is 9.59 Å². The van der Waals surface area contributed by atoms with E-state index in [2.05, 4.69) is 11.9 Å². The zero-order valence-corrected chi connectivity index (χ0v) is 19.7. The average Bonchev–Trinajstić information content (AvgIpc) is 2.72. The molecule has 7 N–H and O–H groups in total. The predicted octanol–water partition coefficient (Wildman–Crippen LogP) is 4.08. The standard InChI is InChI=1S/C12H23N3O.C10H10FNO.C2H6/c1-5-10(6-7-13)15-12(16)11(8(2)3)9(4)14;1-2-7(6-13)9-5-8(11)3-4-10(9)12;1-2/h10H,2,5-7,13-14H2,1,3-4H3,(H,15,16);2-6H,12H2,1H3;1-2H3/b11-9+;7-2+;. The van der Waals surface area contributed by atoms with Crippen LogP contribution in [0.15, 0.2) is 47.7 Å². The minimum Gasteiger partial charge on any atom is -0.402 e. The fraction of sp³-hybridized carbons (Fsp3) is 0.417. The van der Waals surface area contributed by atoms with Gasteiger partial charge in [0.25, 0.3) is 5.91 Å². The van der Waals surface area contributed by atoms with E-state index in [1.807, 2.05) is 20.8 Å². The number of carbonyl (C=O) groups excluding carboxylic acids is 2. The molecule has 6 nitrogen and oxygen atoms in total. The molecule has 0 aliphatic heterocycles. The Morgan fingerprint density at radius 1 is 1.29 bits per heavy atom. The summed E-state index contributed by atoms with van der Waals surface area (Å²) in [6.45, 7) is 15.5. The van der Waals surface area contributed by atoms with Crippen molar-refractivity contribution in [2.45, 2.75) is 60.4 Å². The molecule has 0 bridgehead atoms. The van der Waals surface area contributed by atoms with Crippen LogP contribution < -0.4 is 22.5 Å². The molecule has 7 heteroatoms. The number of aldehydes is 1. The lowest BCUT2D eigenvalue weighted by molar-refractivity contribution is -0.118. The maximum atomic E-state index is 12.8. The highest BCUT2D eigenvalue weighted by Crippen LogP contribution is 2.20. The zero-order chi connectivity index (χ0) is 24.6. The SMILES string of the molecule is C/C=C(\C=O)c1cc(F)ccc1N.C=C(C)/C(C(=O)NC(CC)CCN)=C(/C)N.CC. The van der Waals surface area contributed by atoms with Gasteiger partial charge in [-0.05, 0) is 63.9 Å². The Morgan fingerprint density at radius 2 is 1.87 bits per heavy atom. The summed E-state index contributed by atoms with van der Waals surface area (Å²) in [5.41, 5.74) is 19.6. The van der Waals surface area contributed by atoms with E-state index in [4.69, 9.17) is 17.2 Å². The van der Waals surface area contributed by atoms with Crippen LogP contribution in [0.2, 0.25) is 0 Å². The zero-order valence-electron chi connectivity index (χ0n) is 19.7. The Hall–Kier alpha value is -2.93. The number of allylic oxidation sites excluding steroid dienone is 3. The molecular formula is C24H39FN4O2. The topological polar surface area (TPSA) is 124 Å². The fourth-order valence-electron chi connectivity index (χ4n) is 2.61. The van der Waals surface area contributed by atoms with Crippen molar-refractivity contribution in [1.82, 2.24) is 5.32 Å². The summed E-state index contributed by atoms with van der Waals surface area (Å²) >= 11 is 0. The maximum Gasteiger partial charge on any atom is 0.253 e. The van der Waals surface area contributed by atoms with E-state index < -0.39 is 5.82 Å². The lowest BCUT2D eigenvalue weighted by atomic mass is 10.1. The second-order valence-corrected chi connectivity index (χ2v) is 6.59. The molecule has 1 unspecified atom stereocenters. The third kappa shape index (κ3) is 11.1. The smallest absolute Gasteiger partial charge is 0.253 e. The highest BCUT2D eigenvalue weighted by molar-refractivity contribution is 6.08. The van der Waals surface area contributed by atoms with Crippen LogP contribution in [0.3, 0.4) is 0 Å². The van der Waals surface area contributed by atoms with E-state index in [0.29, 0.717) is 46.5 Å². The van der Waals surface area contributed by atoms with Crippen molar-refractivity contribution in [3.05, 3.63) is 59.1 Å². The molecular weight excluding hydrogens is 395 g/mol. The van der Waals surface area contributed by atoms with Gasteiger partial charge in [-0.2, -0.15) is 0 Å². The number of halogens is 1. The number of carbonyl (C=O) groups is 2. The highest BCUT2D eigenvalue weighted by atomic mass is 19.1. The summed E-state index contributed by atoms with van der Waals surface area (Å²) in [5, 5.41) is 2.91. The molecule has 1 amide bonds. The molecule has 0 aliphatic carbocycles. The summed E-state index contributed by atoms with van der Waals surface area (Å²) in [6.07, 6.45) is 3.88. The van der Waals surface area contributed by atoms with Crippen molar-refractivity contribution in [3.8, 4) is 0 Å². The number of hydrogen-bond donors (Lipinski definition) is 4. The number of nitrogens with one attached hydrogen (secondary N) is 1. The Balaban J connectivity index is 0. The van der Waals surface area contributed by atoms with Gasteiger partial charge in [-0.1, -0.05) is 33.4 Å². The van der Waals surface area contributed by atoms with E-state index in [1.165, 1.54) is 18.2 Å². The number of hydrogen-bond acceptors (Lipinski definition) is 5. The van der Waals surface area contributed by atoms with Crippen LogP contribution in [-0.4, -0.2) is 24.8 Å². The van der Waals surface area contributed by atoms with Crippen LogP contribution in [0, 0.1) is 5.82 Å². The van der Waals surface area contributed by atoms with Crippen LogP contribution in [0.25, 0.3) is 5.57 Å². The molecule has 0 aromatic heterocycles. The normalized spacial score (nSPS) is 12.2. The van der Waals surface area contributed by atoms with Gasteiger partial charge >= 0.3 is 0 Å². The minimum absolute atomic E-state index is 0.103. The molecule has 1 aromatic carbocycles. The van der Waals surface area contributed by atoms with E-state index in [-0.39, 0.29) is 11.9 Å². The van der Waals surface area contributed by atoms with Gasteiger partial charge in [0.05, 0.1) is 5.57 Å². The van der Waals surface area contributed by atoms with Gasteiger partial charge in [0.15, 0.2) is 0 Å². The first-order chi connectivity index (χ1) is 14.6. The van der Waals surface area contributed by atoms with Crippen LogP contribution in [0.5, 0.6) is 0 Å². The van der Waals surface area contributed by atoms with Gasteiger partial charge in [-0.3, -0.25) is 9.59 Å². The Morgan fingerprint density at radius 3 is 2.26 bits per heavy atom. The molecule has 0 heterocycles. The van der Waals surface area contributed by atoms with Gasteiger partial charge in [0.2, 0.25) is 0 Å². The van der Waals surface area contributed by atoms with Crippen molar-refractivity contribution in [1.29, 1.82) is 0 Å². The molecule has 0 spiro atoms. The summed E-state index contributed by atoms with van der Waals surface area (Å²) in [5.74, 6) is -0.557. The molecule has 0 radical (unpaired) electrons. The number of rotatable bonds is 8. The quantitative estimate of drug-likeness (QED) is 0.212. The molecule has 0 saturated carbocycles. The molecule has 1 atom stereocenters. The van der Waals surface area contributed by atoms with Crippen LogP contribution in [0.4, 0.5) is 10.1 Å². The van der Waals surface area contributed by atoms with Crippen molar-refractivity contribution in [2.24, 2.45) is 11.5 Å². The third-order valence-corrected chi connectivity index (χ3v) is 4.16. The lowest BCUT2D eigenvalue weighted by Crippen LogP contribution is -2.37. The Kier molecular flexibility index (Phi) is 16.4. The molecule has 31 heavy (non-hydrogen) atoms. The van der Waals surface area contributed by atoms with Gasteiger partial charge < -0.3 is 22.5 Å². The number of amides is 1. The van der Waals surface area contributed by atoms with Crippen molar-refractivity contribution in [2.75, 3.05) is 12.3 Å². The number of benzene rings is 1. The summed E-state index contributed by atoms with van der Waals surface area (Å²) in [4.78, 5) is 22.5. The summed E-state index contributed by atoms with van der Waals surface area (Å²) < 4.78 is 12.8. The number of nitrogens with two attached hydrogens (primary N) is 3. The highest BCUT2D eigenvalue weighted by Gasteiger charge is 2.16. The molecule has 1 rings (SSSR count). The second-order valence-electron chi connectivity index (χ2n) is 6.59. The second kappa shape index (κ2) is 16.8. The largest absolute Gasteiger partial charge is 0.402 e. The molecule has 1 aromatic rings. The van der Waals surface area contributed by atoms with E-state index in [1.54, 1.807) is 26.8 Å². The monoisotopic (exact) mass is 434 g/mol. The number of nitrogen functional groups attached to an aromatic ring is 1. The molecule has 0 aliphatic rings. The molecule has 174 valence electrons. The first-order valence-electron chi connectivity index (χ1n) is 10.4. The van der Waals surface area contributed by atoms with E-state index in [9.17, 15) is 14.0 Å². The fourth-order valence-corrected chi connectivity index (χ4v) is 2.61. The Labute approximate surface area is 186 Å². The predicted molar refractivity (Wildman–Crippen MR) is 129 cm³/mol. The minimum atomic E-state index is -0.398. The van der Waals surface area contributed by atoms with E-state index >= 15 is 0 Å². The summed E-state index contributed by atoms with van der Waals surface area (Å²) in [6, 6.07) is 4.05. The van der Waals surface area contributed by atoms with Crippen molar-refractivity contribution < 1.29 is 14.0 Å². The third-order valence-electron chi connectivity index (χ3n) is 4.16. The lowest BCUT2D eigenvalue weighted by Gasteiger charge is -2.18. The van der Waals surface area contributed by atoms with E-state index in [0.717, 1.165) is 12.8 Å². The van der Waals surface area contributed by atoms with Gasteiger partial charge in [0.1, 0.15) is 12.1 Å². The first-order valence-corrected chi connectivity index (χ1v) is 10.4. The summed E-state index contributed by atoms with van der Waals surface area (Å²) in [7, 11) is 0. The first kappa shape index (κ1) is 30.3. The van der Waals surface area contributed by atoms with Gasteiger partial charge in [-0.25, -0.2) is 4.39 Å². The average molecular weight is 435 g/mol. The Bertz CT molecular complexity index is 782. The molecule has 0 fully saturated rings. The van der Waals surface area contributed by atoms with Crippen LogP contribution in [0.1, 0.15) is 59.9 Å². The van der Waals surface area contributed by atoms with Gasteiger partial charge in [0, 0.05) is 28.6 Å². The van der Waals surface area contributed by atoms with Crippen molar-refractivity contribution >= 4 is 23.5 Å². The van der Waals surface area contributed by atoms with Gasteiger partial charge in [-0.15, -0.1) is 0 Å².